The zero-order valence-corrected chi connectivity index (χ0v) is 19.8. The molecule has 3 rings (SSSR count). The molecule has 0 aromatic heterocycles. The van der Waals surface area contributed by atoms with Crippen molar-refractivity contribution in [3.8, 4) is 0 Å². The molecule has 0 atom stereocenters. The number of carbonyl (C=O) groups excluding carboxylic acids is 3. The minimum Gasteiger partial charge on any atom is -0.345 e. The molecule has 0 aliphatic carbocycles. The summed E-state index contributed by atoms with van der Waals surface area (Å²) in [5, 5.41) is 2.68. The van der Waals surface area contributed by atoms with Crippen molar-refractivity contribution in [3.63, 3.8) is 0 Å². The number of hydrogen-bond acceptors (Lipinski definition) is 5. The Hall–Kier alpha value is -3.40. The van der Waals surface area contributed by atoms with Crippen LogP contribution in [0.5, 0.6) is 0 Å². The summed E-state index contributed by atoms with van der Waals surface area (Å²) in [4.78, 5) is 40.9. The number of carbonyl (C=O) groups is 3. The fraction of sp³-hybridized carbons (Fsp3) is 0.348. The second kappa shape index (κ2) is 10.0. The molecule has 0 radical (unpaired) electrons. The Morgan fingerprint density at radius 1 is 0.970 bits per heavy atom. The third-order valence-electron chi connectivity index (χ3n) is 5.32. The number of amides is 3. The first-order valence-corrected chi connectivity index (χ1v) is 12.4. The van der Waals surface area contributed by atoms with Crippen LogP contribution in [0.2, 0.25) is 0 Å². The third-order valence-corrected chi connectivity index (χ3v) is 6.46. The van der Waals surface area contributed by atoms with Crippen molar-refractivity contribution in [2.75, 3.05) is 49.6 Å². The molecule has 1 fully saturated rings. The maximum Gasteiger partial charge on any atom is 0.255 e. The summed E-state index contributed by atoms with van der Waals surface area (Å²) in [5.74, 6) is -0.968. The van der Waals surface area contributed by atoms with Crippen LogP contribution in [0.1, 0.15) is 33.6 Å². The molecule has 33 heavy (non-hydrogen) atoms. The van der Waals surface area contributed by atoms with E-state index in [1.807, 2.05) is 0 Å². The summed E-state index contributed by atoms with van der Waals surface area (Å²) in [7, 11) is -0.551. The number of para-hydroxylation sites is 1. The van der Waals surface area contributed by atoms with E-state index in [4.69, 9.17) is 0 Å². The quantitative estimate of drug-likeness (QED) is 0.664. The molecule has 1 aliphatic heterocycles. The van der Waals surface area contributed by atoms with Gasteiger partial charge >= 0.3 is 0 Å². The van der Waals surface area contributed by atoms with Crippen LogP contribution in [0.25, 0.3) is 0 Å². The summed E-state index contributed by atoms with van der Waals surface area (Å²) in [6.07, 6.45) is 2.90. The number of rotatable bonds is 7. The Labute approximate surface area is 194 Å². The van der Waals surface area contributed by atoms with E-state index in [2.05, 4.69) is 5.32 Å². The summed E-state index contributed by atoms with van der Waals surface area (Å²) in [5.41, 5.74) is 1.35. The predicted octanol–water partition coefficient (Wildman–Crippen LogP) is 2.03. The van der Waals surface area contributed by atoms with Gasteiger partial charge in [0.05, 0.1) is 23.2 Å². The first-order valence-electron chi connectivity index (χ1n) is 10.6. The number of sulfonamides is 1. The number of nitrogens with one attached hydrogen (secondary N) is 1. The minimum atomic E-state index is -3.79. The molecule has 1 heterocycles. The van der Waals surface area contributed by atoms with Crippen molar-refractivity contribution in [1.82, 2.24) is 9.80 Å². The lowest BCUT2D eigenvalue weighted by Gasteiger charge is -2.23. The lowest BCUT2D eigenvalue weighted by molar-refractivity contribution is -0.114. The van der Waals surface area contributed by atoms with Crippen molar-refractivity contribution in [2.45, 2.75) is 12.8 Å². The van der Waals surface area contributed by atoms with Gasteiger partial charge in [-0.3, -0.25) is 18.7 Å². The van der Waals surface area contributed by atoms with Gasteiger partial charge in [0, 0.05) is 32.7 Å². The monoisotopic (exact) mass is 472 g/mol. The summed E-state index contributed by atoms with van der Waals surface area (Å²) in [6.45, 7) is 0.872. The zero-order chi connectivity index (χ0) is 24.2. The molecular formula is C23H28N4O5S. The number of hydrogen-bond donors (Lipinski definition) is 1. The van der Waals surface area contributed by atoms with Crippen LogP contribution in [0.15, 0.2) is 48.5 Å². The normalized spacial score (nSPS) is 13.5. The van der Waals surface area contributed by atoms with Gasteiger partial charge in [0.25, 0.3) is 11.8 Å². The van der Waals surface area contributed by atoms with E-state index in [1.165, 1.54) is 29.2 Å². The molecule has 2 aromatic rings. The Morgan fingerprint density at radius 2 is 1.58 bits per heavy atom. The number of likely N-dealkylation sites (tertiary alicyclic amines) is 1. The van der Waals surface area contributed by atoms with Gasteiger partial charge in [0.15, 0.2) is 0 Å². The van der Waals surface area contributed by atoms with Crippen molar-refractivity contribution in [2.24, 2.45) is 0 Å². The first-order chi connectivity index (χ1) is 15.6. The highest BCUT2D eigenvalue weighted by Crippen LogP contribution is 2.22. The fourth-order valence-corrected chi connectivity index (χ4v) is 4.47. The molecule has 1 N–H and O–H groups in total. The second-order valence-corrected chi connectivity index (χ2v) is 10.0. The number of nitrogens with zero attached hydrogens (tertiary/aromatic N) is 3. The van der Waals surface area contributed by atoms with E-state index in [0.717, 1.165) is 23.4 Å². The Balaban J connectivity index is 1.79. The first kappa shape index (κ1) is 24.2. The topological polar surface area (TPSA) is 107 Å². The molecule has 0 saturated carbocycles. The summed E-state index contributed by atoms with van der Waals surface area (Å²) >= 11 is 0. The average Bonchev–Trinajstić information content (AvgIpc) is 3.31. The van der Waals surface area contributed by atoms with E-state index in [1.54, 1.807) is 43.3 Å². The van der Waals surface area contributed by atoms with E-state index in [-0.39, 0.29) is 17.5 Å². The Bertz CT molecular complexity index is 1140. The molecular weight excluding hydrogens is 444 g/mol. The maximum absolute atomic E-state index is 12.8. The molecule has 0 bridgehead atoms. The zero-order valence-electron chi connectivity index (χ0n) is 18.9. The van der Waals surface area contributed by atoms with Crippen LogP contribution >= 0.6 is 0 Å². The van der Waals surface area contributed by atoms with Gasteiger partial charge < -0.3 is 15.1 Å². The lowest BCUT2D eigenvalue weighted by atomic mass is 10.1. The third kappa shape index (κ3) is 5.89. The van der Waals surface area contributed by atoms with Gasteiger partial charge in [0.1, 0.15) is 6.54 Å². The molecule has 0 spiro atoms. The number of anilines is 2. The average molecular weight is 473 g/mol. The van der Waals surface area contributed by atoms with Crippen molar-refractivity contribution >= 4 is 39.1 Å². The van der Waals surface area contributed by atoms with Gasteiger partial charge in [-0.15, -0.1) is 0 Å². The molecule has 1 aliphatic rings. The fourth-order valence-electron chi connectivity index (χ4n) is 3.62. The molecule has 3 amide bonds. The summed E-state index contributed by atoms with van der Waals surface area (Å²) < 4.78 is 25.8. The van der Waals surface area contributed by atoms with Crippen LogP contribution in [-0.4, -0.2) is 75.9 Å². The summed E-state index contributed by atoms with van der Waals surface area (Å²) in [6, 6.07) is 12.7. The van der Waals surface area contributed by atoms with Crippen molar-refractivity contribution in [3.05, 3.63) is 59.7 Å². The van der Waals surface area contributed by atoms with Crippen LogP contribution < -0.4 is 9.62 Å². The number of benzene rings is 2. The van der Waals surface area contributed by atoms with Crippen LogP contribution in [-0.2, 0) is 14.8 Å². The van der Waals surface area contributed by atoms with Gasteiger partial charge in [-0.1, -0.05) is 12.1 Å². The molecule has 1 saturated heterocycles. The molecule has 2 aromatic carbocycles. The van der Waals surface area contributed by atoms with Gasteiger partial charge in [-0.05, 0) is 49.2 Å². The molecule has 176 valence electrons. The SMILES string of the molecule is CN(C)C(=O)c1ccc(N(CC(=O)Nc2ccccc2C(=O)N2CCCC2)S(C)(=O)=O)cc1. The highest BCUT2D eigenvalue weighted by atomic mass is 32.2. The van der Waals surface area contributed by atoms with Crippen LogP contribution in [0.4, 0.5) is 11.4 Å². The smallest absolute Gasteiger partial charge is 0.255 e. The molecule has 9 nitrogen and oxygen atoms in total. The lowest BCUT2D eigenvalue weighted by Crippen LogP contribution is -2.38. The predicted molar refractivity (Wildman–Crippen MR) is 127 cm³/mol. The molecule has 0 unspecified atom stereocenters. The highest BCUT2D eigenvalue weighted by Gasteiger charge is 2.25. The minimum absolute atomic E-state index is 0.162. The Morgan fingerprint density at radius 3 is 2.15 bits per heavy atom. The Kier molecular flexibility index (Phi) is 7.37. The van der Waals surface area contributed by atoms with Crippen molar-refractivity contribution < 1.29 is 22.8 Å². The molecule has 10 heteroatoms. The van der Waals surface area contributed by atoms with E-state index in [9.17, 15) is 22.8 Å². The van der Waals surface area contributed by atoms with Gasteiger partial charge in [-0.25, -0.2) is 8.42 Å². The largest absolute Gasteiger partial charge is 0.345 e. The van der Waals surface area contributed by atoms with E-state index < -0.39 is 22.5 Å². The van der Waals surface area contributed by atoms with Crippen LogP contribution in [0, 0.1) is 0 Å². The van der Waals surface area contributed by atoms with Crippen LogP contribution in [0.3, 0.4) is 0 Å². The maximum atomic E-state index is 12.8. The standard InChI is InChI=1S/C23H28N4O5S/c1-25(2)22(29)17-10-12-18(13-11-17)27(33(3,31)32)16-21(28)24-20-9-5-4-8-19(20)23(30)26-14-6-7-15-26/h4-5,8-13H,6-7,14-16H2,1-3H3,(H,24,28). The second-order valence-electron chi connectivity index (χ2n) is 8.11. The van der Waals surface area contributed by atoms with E-state index >= 15 is 0 Å². The van der Waals surface area contributed by atoms with Gasteiger partial charge in [-0.2, -0.15) is 0 Å². The van der Waals surface area contributed by atoms with Crippen molar-refractivity contribution in [1.29, 1.82) is 0 Å². The highest BCUT2D eigenvalue weighted by molar-refractivity contribution is 7.92. The van der Waals surface area contributed by atoms with E-state index in [0.29, 0.717) is 29.9 Å². The van der Waals surface area contributed by atoms with Gasteiger partial charge in [0.2, 0.25) is 15.9 Å².